The van der Waals surface area contributed by atoms with E-state index in [0.717, 1.165) is 5.56 Å². The maximum absolute atomic E-state index is 10.5. The van der Waals surface area contributed by atoms with E-state index in [1.165, 1.54) is 0 Å². The van der Waals surface area contributed by atoms with Crippen molar-refractivity contribution in [3.63, 3.8) is 0 Å². The van der Waals surface area contributed by atoms with E-state index < -0.39 is 5.60 Å². The Morgan fingerprint density at radius 2 is 2.13 bits per heavy atom. The van der Waals surface area contributed by atoms with Gasteiger partial charge in [0.25, 0.3) is 0 Å². The quantitative estimate of drug-likeness (QED) is 0.705. The first-order valence-electron chi connectivity index (χ1n) is 5.26. The van der Waals surface area contributed by atoms with Gasteiger partial charge < -0.3 is 15.9 Å². The molecule has 1 aromatic rings. The third-order valence-electron chi connectivity index (χ3n) is 3.05. The molecule has 1 aromatic carbocycles. The summed E-state index contributed by atoms with van der Waals surface area (Å²) in [6.45, 7) is 4.24. The number of aromatic hydroxyl groups is 1. The third kappa shape index (κ3) is 2.30. The van der Waals surface area contributed by atoms with Crippen molar-refractivity contribution in [1.82, 2.24) is 0 Å². The zero-order chi connectivity index (χ0) is 11.5. The normalized spacial score (nSPS) is 17.1. The van der Waals surface area contributed by atoms with Gasteiger partial charge in [0.2, 0.25) is 0 Å². The maximum Gasteiger partial charge on any atom is 0.115 e. The maximum atomic E-state index is 10.5. The van der Waals surface area contributed by atoms with E-state index in [1.807, 2.05) is 19.9 Å². The summed E-state index contributed by atoms with van der Waals surface area (Å²) in [5.74, 6) is 0.132. The van der Waals surface area contributed by atoms with Gasteiger partial charge in [0.15, 0.2) is 0 Å². The fourth-order valence-electron chi connectivity index (χ4n) is 1.81. The fraction of sp³-hybridized carbons (Fsp3) is 0.500. The van der Waals surface area contributed by atoms with Gasteiger partial charge in [-0.1, -0.05) is 26.0 Å². The molecule has 0 aliphatic heterocycles. The molecule has 1 rings (SSSR count). The smallest absolute Gasteiger partial charge is 0.115 e. The first-order valence-corrected chi connectivity index (χ1v) is 5.26. The molecule has 0 saturated carbocycles. The van der Waals surface area contributed by atoms with Gasteiger partial charge in [-0.2, -0.15) is 0 Å². The molecule has 4 N–H and O–H groups in total. The van der Waals surface area contributed by atoms with Crippen LogP contribution >= 0.6 is 0 Å². The van der Waals surface area contributed by atoms with Crippen LogP contribution in [-0.2, 0) is 5.60 Å². The minimum atomic E-state index is -0.951. The van der Waals surface area contributed by atoms with Crippen LogP contribution in [0.4, 0.5) is 0 Å². The molecule has 2 unspecified atom stereocenters. The van der Waals surface area contributed by atoms with Gasteiger partial charge in [-0.15, -0.1) is 0 Å². The number of aliphatic hydroxyl groups is 1. The molecular weight excluding hydrogens is 190 g/mol. The summed E-state index contributed by atoms with van der Waals surface area (Å²) in [4.78, 5) is 0. The summed E-state index contributed by atoms with van der Waals surface area (Å²) in [6.07, 6.45) is 0.578. The number of hydrogen-bond acceptors (Lipinski definition) is 3. The average molecular weight is 209 g/mol. The molecule has 0 bridgehead atoms. The van der Waals surface area contributed by atoms with Gasteiger partial charge in [0.05, 0.1) is 5.60 Å². The monoisotopic (exact) mass is 209 g/mol. The zero-order valence-corrected chi connectivity index (χ0v) is 9.27. The lowest BCUT2D eigenvalue weighted by Crippen LogP contribution is -2.37. The van der Waals surface area contributed by atoms with Crippen LogP contribution < -0.4 is 5.73 Å². The Kier molecular flexibility index (Phi) is 3.72. The van der Waals surface area contributed by atoms with Gasteiger partial charge in [0.1, 0.15) is 5.75 Å². The Hall–Kier alpha value is -1.06. The van der Waals surface area contributed by atoms with E-state index in [2.05, 4.69) is 0 Å². The molecule has 84 valence electrons. The molecule has 2 atom stereocenters. The fourth-order valence-corrected chi connectivity index (χ4v) is 1.81. The van der Waals surface area contributed by atoms with E-state index in [9.17, 15) is 10.2 Å². The summed E-state index contributed by atoms with van der Waals surface area (Å²) in [6, 6.07) is 6.73. The van der Waals surface area contributed by atoms with E-state index in [1.54, 1.807) is 18.2 Å². The Morgan fingerprint density at radius 3 is 2.60 bits per heavy atom. The highest BCUT2D eigenvalue weighted by Gasteiger charge is 2.33. The van der Waals surface area contributed by atoms with Gasteiger partial charge >= 0.3 is 0 Å². The molecule has 0 fully saturated rings. The molecule has 3 nitrogen and oxygen atoms in total. The molecule has 0 aromatic heterocycles. The molecular formula is C12H19NO2. The summed E-state index contributed by atoms with van der Waals surface area (Å²) in [5.41, 5.74) is 5.36. The van der Waals surface area contributed by atoms with Crippen molar-refractivity contribution in [2.45, 2.75) is 25.9 Å². The molecule has 3 heteroatoms. The van der Waals surface area contributed by atoms with Crippen molar-refractivity contribution in [3.05, 3.63) is 29.8 Å². The summed E-state index contributed by atoms with van der Waals surface area (Å²) < 4.78 is 0. The van der Waals surface area contributed by atoms with Gasteiger partial charge in [-0.3, -0.25) is 0 Å². The second-order valence-electron chi connectivity index (χ2n) is 3.96. The number of phenols is 1. The van der Waals surface area contributed by atoms with Crippen LogP contribution in [-0.4, -0.2) is 16.8 Å². The van der Waals surface area contributed by atoms with Crippen LogP contribution in [0.2, 0.25) is 0 Å². The Morgan fingerprint density at radius 1 is 1.47 bits per heavy atom. The number of nitrogens with two attached hydrogens (primary N) is 1. The van der Waals surface area contributed by atoms with Crippen LogP contribution in [0, 0.1) is 5.92 Å². The third-order valence-corrected chi connectivity index (χ3v) is 3.05. The highest BCUT2D eigenvalue weighted by molar-refractivity contribution is 5.31. The summed E-state index contributed by atoms with van der Waals surface area (Å²) in [5, 5.41) is 19.9. The zero-order valence-electron chi connectivity index (χ0n) is 9.27. The van der Waals surface area contributed by atoms with Gasteiger partial charge in [-0.25, -0.2) is 0 Å². The minimum absolute atomic E-state index is 0.0377. The van der Waals surface area contributed by atoms with Crippen molar-refractivity contribution in [3.8, 4) is 5.75 Å². The van der Waals surface area contributed by atoms with Crippen LogP contribution in [0.3, 0.4) is 0 Å². The summed E-state index contributed by atoms with van der Waals surface area (Å²) in [7, 11) is 0. The SMILES string of the molecule is CCC(O)(c1cccc(O)c1)C(C)CN. The number of benzene rings is 1. The predicted molar refractivity (Wildman–Crippen MR) is 60.5 cm³/mol. The van der Waals surface area contributed by atoms with Crippen molar-refractivity contribution in [2.75, 3.05) is 6.54 Å². The van der Waals surface area contributed by atoms with Crippen LogP contribution in [0.1, 0.15) is 25.8 Å². The summed E-state index contributed by atoms with van der Waals surface area (Å²) >= 11 is 0. The van der Waals surface area contributed by atoms with E-state index in [-0.39, 0.29) is 11.7 Å². The number of rotatable bonds is 4. The highest BCUT2D eigenvalue weighted by Crippen LogP contribution is 2.33. The largest absolute Gasteiger partial charge is 0.508 e. The predicted octanol–water partition coefficient (Wildman–Crippen LogP) is 1.58. The van der Waals surface area contributed by atoms with Crippen LogP contribution in [0.5, 0.6) is 5.75 Å². The number of hydrogen-bond donors (Lipinski definition) is 3. The van der Waals surface area contributed by atoms with Crippen LogP contribution in [0.25, 0.3) is 0 Å². The Bertz CT molecular complexity index is 327. The van der Waals surface area contributed by atoms with Crippen molar-refractivity contribution < 1.29 is 10.2 Å². The lowest BCUT2D eigenvalue weighted by Gasteiger charge is -2.33. The van der Waals surface area contributed by atoms with Gasteiger partial charge in [0, 0.05) is 5.92 Å². The minimum Gasteiger partial charge on any atom is -0.508 e. The second-order valence-corrected chi connectivity index (χ2v) is 3.96. The Labute approximate surface area is 90.5 Å². The number of phenolic OH excluding ortho intramolecular Hbond substituents is 1. The van der Waals surface area contributed by atoms with Crippen molar-refractivity contribution >= 4 is 0 Å². The van der Waals surface area contributed by atoms with Crippen LogP contribution in [0.15, 0.2) is 24.3 Å². The molecule has 0 spiro atoms. The highest BCUT2D eigenvalue weighted by atomic mass is 16.3. The van der Waals surface area contributed by atoms with E-state index in [0.29, 0.717) is 13.0 Å². The van der Waals surface area contributed by atoms with Crippen molar-refractivity contribution in [2.24, 2.45) is 11.7 Å². The molecule has 0 amide bonds. The average Bonchev–Trinajstić information content (AvgIpc) is 2.26. The van der Waals surface area contributed by atoms with E-state index in [4.69, 9.17) is 5.73 Å². The molecule has 0 saturated heterocycles. The lowest BCUT2D eigenvalue weighted by atomic mass is 9.80. The molecule has 15 heavy (non-hydrogen) atoms. The first kappa shape index (κ1) is 12.0. The van der Waals surface area contributed by atoms with Gasteiger partial charge in [-0.05, 0) is 30.7 Å². The molecule has 0 aliphatic carbocycles. The molecule has 0 aliphatic rings. The first-order chi connectivity index (χ1) is 7.04. The Balaban J connectivity index is 3.10. The second kappa shape index (κ2) is 4.64. The topological polar surface area (TPSA) is 66.5 Å². The molecule has 0 heterocycles. The van der Waals surface area contributed by atoms with E-state index >= 15 is 0 Å². The lowest BCUT2D eigenvalue weighted by molar-refractivity contribution is -0.0177. The molecule has 0 radical (unpaired) electrons. The van der Waals surface area contributed by atoms with Crippen molar-refractivity contribution in [1.29, 1.82) is 0 Å². The standard InChI is InChI=1S/C12H19NO2/c1-3-12(15,9(2)8-13)10-5-4-6-11(14)7-10/h4-7,9,14-15H,3,8,13H2,1-2H3.